The Kier molecular flexibility index (Phi) is 3.84. The van der Waals surface area contributed by atoms with E-state index in [-0.39, 0.29) is 5.78 Å². The van der Waals surface area contributed by atoms with Gasteiger partial charge in [0, 0.05) is 10.7 Å². The largest absolute Gasteiger partial charge is 0.490 e. The van der Waals surface area contributed by atoms with E-state index < -0.39 is 10.9 Å². The third-order valence-corrected chi connectivity index (χ3v) is 3.49. The van der Waals surface area contributed by atoms with Gasteiger partial charge >= 0.3 is 5.95 Å². The highest BCUT2D eigenvalue weighted by molar-refractivity contribution is 5.97. The summed E-state index contributed by atoms with van der Waals surface area (Å²) in [4.78, 5) is 25.4. The van der Waals surface area contributed by atoms with Crippen molar-refractivity contribution in [3.05, 3.63) is 50.3 Å². The number of nitro groups is 1. The minimum absolute atomic E-state index is 0.0100. The monoisotopic (exact) mass is 288 g/mol. The lowest BCUT2D eigenvalue weighted by molar-refractivity contribution is -0.394. The predicted molar refractivity (Wildman–Crippen MR) is 76.4 cm³/mol. The second-order valence-corrected chi connectivity index (χ2v) is 5.04. The van der Waals surface area contributed by atoms with Crippen LogP contribution in [0.2, 0.25) is 0 Å². The number of nitrogens with zero attached hydrogens (tertiary/aromatic N) is 4. The lowest BCUT2D eigenvalue weighted by Crippen LogP contribution is -2.10. The van der Waals surface area contributed by atoms with Crippen molar-refractivity contribution in [1.29, 1.82) is 0 Å². The summed E-state index contributed by atoms with van der Waals surface area (Å²) >= 11 is 0. The van der Waals surface area contributed by atoms with E-state index in [1.807, 2.05) is 26.8 Å². The zero-order chi connectivity index (χ0) is 15.7. The van der Waals surface area contributed by atoms with Crippen LogP contribution in [-0.4, -0.2) is 25.5 Å². The standard InChI is InChI=1S/C14H16N4O3/c1-8-5-9(2)13(11(4)19)10(3)12(8)6-17-7-15-14(16-17)18(20)21/h5,7H,6H2,1-4H3. The van der Waals surface area contributed by atoms with Gasteiger partial charge in [-0.05, 0) is 54.9 Å². The van der Waals surface area contributed by atoms with Crippen LogP contribution in [0.4, 0.5) is 5.95 Å². The highest BCUT2D eigenvalue weighted by atomic mass is 16.6. The fourth-order valence-corrected chi connectivity index (χ4v) is 2.62. The van der Waals surface area contributed by atoms with E-state index in [0.29, 0.717) is 12.1 Å². The summed E-state index contributed by atoms with van der Waals surface area (Å²) < 4.78 is 1.41. The number of aromatic nitrogens is 3. The van der Waals surface area contributed by atoms with E-state index in [1.54, 1.807) is 0 Å². The van der Waals surface area contributed by atoms with Crippen molar-refractivity contribution in [3.63, 3.8) is 0 Å². The highest BCUT2D eigenvalue weighted by Gasteiger charge is 2.18. The maximum atomic E-state index is 11.8. The Morgan fingerprint density at radius 2 is 2.00 bits per heavy atom. The highest BCUT2D eigenvalue weighted by Crippen LogP contribution is 2.23. The first-order valence-electron chi connectivity index (χ1n) is 6.45. The van der Waals surface area contributed by atoms with Crippen LogP contribution in [0.3, 0.4) is 0 Å². The maximum absolute atomic E-state index is 11.8. The molecule has 0 aliphatic heterocycles. The first kappa shape index (κ1) is 14.8. The molecule has 0 N–H and O–H groups in total. The average Bonchev–Trinajstić information content (AvgIpc) is 2.82. The predicted octanol–water partition coefficient (Wildman–Crippen LogP) is 2.36. The molecule has 21 heavy (non-hydrogen) atoms. The van der Waals surface area contributed by atoms with Gasteiger partial charge in [0.25, 0.3) is 0 Å². The number of hydrogen-bond donors (Lipinski definition) is 0. The molecule has 1 aromatic heterocycles. The molecule has 0 unspecified atom stereocenters. The van der Waals surface area contributed by atoms with Gasteiger partial charge in [0.1, 0.15) is 0 Å². The fraction of sp³-hybridized carbons (Fsp3) is 0.357. The summed E-state index contributed by atoms with van der Waals surface area (Å²) in [7, 11) is 0. The first-order chi connectivity index (χ1) is 9.81. The summed E-state index contributed by atoms with van der Waals surface area (Å²) in [5, 5.41) is 14.4. The van der Waals surface area contributed by atoms with Crippen LogP contribution >= 0.6 is 0 Å². The van der Waals surface area contributed by atoms with Crippen LogP contribution in [0, 0.1) is 30.9 Å². The first-order valence-corrected chi connectivity index (χ1v) is 6.45. The second-order valence-electron chi connectivity index (χ2n) is 5.04. The van der Waals surface area contributed by atoms with Crippen molar-refractivity contribution in [2.24, 2.45) is 0 Å². The molecule has 7 heteroatoms. The van der Waals surface area contributed by atoms with Crippen LogP contribution in [0.1, 0.15) is 39.5 Å². The van der Waals surface area contributed by atoms with Gasteiger partial charge in [-0.15, -0.1) is 0 Å². The molecular weight excluding hydrogens is 272 g/mol. The van der Waals surface area contributed by atoms with Gasteiger partial charge < -0.3 is 10.1 Å². The third-order valence-electron chi connectivity index (χ3n) is 3.49. The van der Waals surface area contributed by atoms with Crippen LogP contribution in [0.25, 0.3) is 0 Å². The lowest BCUT2D eigenvalue weighted by Gasteiger charge is -2.14. The summed E-state index contributed by atoms with van der Waals surface area (Å²) in [6.07, 6.45) is 1.32. The number of rotatable bonds is 4. The molecule has 0 amide bonds. The van der Waals surface area contributed by atoms with E-state index in [4.69, 9.17) is 0 Å². The second kappa shape index (κ2) is 5.43. The molecule has 1 heterocycles. The molecule has 0 bridgehead atoms. The zero-order valence-corrected chi connectivity index (χ0v) is 12.4. The summed E-state index contributed by atoms with van der Waals surface area (Å²) in [6.45, 7) is 7.62. The Hall–Kier alpha value is -2.57. The Morgan fingerprint density at radius 1 is 1.33 bits per heavy atom. The van der Waals surface area contributed by atoms with Crippen molar-refractivity contribution >= 4 is 11.7 Å². The Morgan fingerprint density at radius 3 is 2.52 bits per heavy atom. The molecule has 110 valence electrons. The molecule has 2 aromatic rings. The van der Waals surface area contributed by atoms with Crippen molar-refractivity contribution in [2.75, 3.05) is 0 Å². The number of carbonyl (C=O) groups is 1. The Bertz CT molecular complexity index is 734. The topological polar surface area (TPSA) is 90.9 Å². The summed E-state index contributed by atoms with van der Waals surface area (Å²) in [5.74, 6) is -0.417. The quantitative estimate of drug-likeness (QED) is 0.489. The molecule has 0 aliphatic rings. The molecular formula is C14H16N4O3. The van der Waals surface area contributed by atoms with Gasteiger partial charge in [-0.1, -0.05) is 11.1 Å². The van der Waals surface area contributed by atoms with Gasteiger partial charge in [0.2, 0.25) is 6.33 Å². The molecule has 0 saturated carbocycles. The fourth-order valence-electron chi connectivity index (χ4n) is 2.62. The smallest absolute Gasteiger partial charge is 0.390 e. The van der Waals surface area contributed by atoms with Crippen LogP contribution in [-0.2, 0) is 6.54 Å². The van der Waals surface area contributed by atoms with Gasteiger partial charge in [0.05, 0.1) is 6.54 Å². The lowest BCUT2D eigenvalue weighted by atomic mass is 9.91. The molecule has 0 spiro atoms. The zero-order valence-electron chi connectivity index (χ0n) is 12.4. The van der Waals surface area contributed by atoms with Crippen molar-refractivity contribution < 1.29 is 9.72 Å². The van der Waals surface area contributed by atoms with Gasteiger partial charge in [-0.25, -0.2) is 0 Å². The van der Waals surface area contributed by atoms with Crippen molar-refractivity contribution in [1.82, 2.24) is 14.8 Å². The molecule has 0 fully saturated rings. The Balaban J connectivity index is 2.46. The Labute approximate surface area is 121 Å². The average molecular weight is 288 g/mol. The van der Waals surface area contributed by atoms with Gasteiger partial charge in [0.15, 0.2) is 5.78 Å². The van der Waals surface area contributed by atoms with E-state index in [9.17, 15) is 14.9 Å². The summed E-state index contributed by atoms with van der Waals surface area (Å²) in [6, 6.07) is 1.95. The molecule has 0 aliphatic carbocycles. The number of carbonyl (C=O) groups excluding carboxylic acids is 1. The van der Waals surface area contributed by atoms with E-state index in [1.165, 1.54) is 17.9 Å². The van der Waals surface area contributed by atoms with E-state index in [2.05, 4.69) is 10.1 Å². The van der Waals surface area contributed by atoms with Crippen molar-refractivity contribution in [2.45, 2.75) is 34.2 Å². The molecule has 2 rings (SSSR count). The van der Waals surface area contributed by atoms with Crippen LogP contribution in [0.5, 0.6) is 0 Å². The van der Waals surface area contributed by atoms with E-state index in [0.717, 1.165) is 22.3 Å². The molecule has 0 atom stereocenters. The molecule has 0 saturated heterocycles. The van der Waals surface area contributed by atoms with Gasteiger partial charge in [-0.3, -0.25) is 4.79 Å². The molecule has 7 nitrogen and oxygen atoms in total. The third kappa shape index (κ3) is 2.81. The van der Waals surface area contributed by atoms with E-state index >= 15 is 0 Å². The minimum atomic E-state index is -0.633. The normalized spacial score (nSPS) is 10.7. The maximum Gasteiger partial charge on any atom is 0.490 e. The van der Waals surface area contributed by atoms with Gasteiger partial charge in [-0.2, -0.15) is 4.68 Å². The number of aryl methyl sites for hydroxylation is 2. The van der Waals surface area contributed by atoms with Crippen molar-refractivity contribution in [3.8, 4) is 0 Å². The van der Waals surface area contributed by atoms with Crippen LogP contribution in [0.15, 0.2) is 12.4 Å². The number of Topliss-reactive ketones (excluding diaryl/α,β-unsaturated/α-hetero) is 1. The molecule has 0 radical (unpaired) electrons. The number of hydrogen-bond acceptors (Lipinski definition) is 5. The minimum Gasteiger partial charge on any atom is -0.390 e. The number of benzene rings is 1. The number of ketones is 1. The molecule has 1 aromatic carbocycles. The van der Waals surface area contributed by atoms with Crippen LogP contribution < -0.4 is 0 Å². The summed E-state index contributed by atoms with van der Waals surface area (Å²) in [5.41, 5.74) is 4.48. The SMILES string of the molecule is CC(=O)c1c(C)cc(C)c(Cn2cnc([N+](=O)[O-])n2)c1C.